The SMILES string of the molecule is Cc1cc(C)cc(CCC(=O)N[C@@H](C(=O)O)C(C)C)c1. The highest BCUT2D eigenvalue weighted by Crippen LogP contribution is 2.11. The van der Waals surface area contributed by atoms with Crippen molar-refractivity contribution in [3.05, 3.63) is 34.9 Å². The maximum Gasteiger partial charge on any atom is 0.326 e. The number of amides is 1. The van der Waals surface area contributed by atoms with Crippen molar-refractivity contribution in [2.75, 3.05) is 0 Å². The molecule has 0 unspecified atom stereocenters. The number of hydrogen-bond donors (Lipinski definition) is 2. The predicted octanol–water partition coefficient (Wildman–Crippen LogP) is 2.46. The van der Waals surface area contributed by atoms with Crippen LogP contribution in [0.5, 0.6) is 0 Å². The van der Waals surface area contributed by atoms with Crippen molar-refractivity contribution in [1.29, 1.82) is 0 Å². The second-order valence-corrected chi connectivity index (χ2v) is 5.62. The average molecular weight is 277 g/mol. The van der Waals surface area contributed by atoms with Gasteiger partial charge in [0.1, 0.15) is 6.04 Å². The first-order valence-corrected chi connectivity index (χ1v) is 6.89. The zero-order valence-electron chi connectivity index (χ0n) is 12.6. The summed E-state index contributed by atoms with van der Waals surface area (Å²) in [6.45, 7) is 7.61. The topological polar surface area (TPSA) is 66.4 Å². The molecule has 1 amide bonds. The van der Waals surface area contributed by atoms with Crippen molar-refractivity contribution in [2.45, 2.75) is 46.6 Å². The number of nitrogens with one attached hydrogen (secondary N) is 1. The van der Waals surface area contributed by atoms with E-state index in [9.17, 15) is 9.59 Å². The minimum Gasteiger partial charge on any atom is -0.480 e. The van der Waals surface area contributed by atoms with Gasteiger partial charge in [-0.1, -0.05) is 43.2 Å². The summed E-state index contributed by atoms with van der Waals surface area (Å²) in [5.74, 6) is -1.33. The van der Waals surface area contributed by atoms with Crippen molar-refractivity contribution in [3.63, 3.8) is 0 Å². The van der Waals surface area contributed by atoms with E-state index in [4.69, 9.17) is 5.11 Å². The van der Waals surface area contributed by atoms with E-state index in [0.717, 1.165) is 5.56 Å². The van der Waals surface area contributed by atoms with E-state index >= 15 is 0 Å². The van der Waals surface area contributed by atoms with Crippen LogP contribution in [0.25, 0.3) is 0 Å². The molecule has 1 aromatic rings. The molecular formula is C16H23NO3. The highest BCUT2D eigenvalue weighted by atomic mass is 16.4. The zero-order valence-corrected chi connectivity index (χ0v) is 12.6. The first-order valence-electron chi connectivity index (χ1n) is 6.89. The molecule has 0 saturated carbocycles. The van der Waals surface area contributed by atoms with Crippen LogP contribution in [0.4, 0.5) is 0 Å². The van der Waals surface area contributed by atoms with Gasteiger partial charge in [-0.05, 0) is 31.7 Å². The number of carbonyl (C=O) groups is 2. The Bertz CT molecular complexity index is 474. The Morgan fingerprint density at radius 3 is 2.15 bits per heavy atom. The fraction of sp³-hybridized carbons (Fsp3) is 0.500. The molecule has 0 aliphatic carbocycles. The number of carboxylic acid groups (broad SMARTS) is 1. The van der Waals surface area contributed by atoms with E-state index in [1.165, 1.54) is 11.1 Å². The normalized spacial score (nSPS) is 12.2. The van der Waals surface area contributed by atoms with Crippen LogP contribution in [0.2, 0.25) is 0 Å². The molecule has 1 atom stereocenters. The molecule has 110 valence electrons. The van der Waals surface area contributed by atoms with Crippen LogP contribution in [0.3, 0.4) is 0 Å². The molecule has 0 aromatic heterocycles. The van der Waals surface area contributed by atoms with Crippen LogP contribution in [-0.4, -0.2) is 23.0 Å². The molecule has 4 nitrogen and oxygen atoms in total. The zero-order chi connectivity index (χ0) is 15.3. The molecule has 0 radical (unpaired) electrons. The van der Waals surface area contributed by atoms with Gasteiger partial charge in [0.2, 0.25) is 5.91 Å². The lowest BCUT2D eigenvalue weighted by Gasteiger charge is -2.17. The van der Waals surface area contributed by atoms with Gasteiger partial charge < -0.3 is 10.4 Å². The van der Waals surface area contributed by atoms with Crippen molar-refractivity contribution in [1.82, 2.24) is 5.32 Å². The van der Waals surface area contributed by atoms with Crippen molar-refractivity contribution in [3.8, 4) is 0 Å². The van der Waals surface area contributed by atoms with Gasteiger partial charge in [-0.3, -0.25) is 4.79 Å². The molecule has 0 aliphatic rings. The summed E-state index contributed by atoms with van der Waals surface area (Å²) in [7, 11) is 0. The van der Waals surface area contributed by atoms with Crippen LogP contribution >= 0.6 is 0 Å². The van der Waals surface area contributed by atoms with Crippen molar-refractivity contribution >= 4 is 11.9 Å². The van der Waals surface area contributed by atoms with Gasteiger partial charge in [-0.25, -0.2) is 4.79 Å². The van der Waals surface area contributed by atoms with Gasteiger partial charge in [0.25, 0.3) is 0 Å². The lowest BCUT2D eigenvalue weighted by Crippen LogP contribution is -2.44. The van der Waals surface area contributed by atoms with Crippen LogP contribution in [0, 0.1) is 19.8 Å². The number of aliphatic carboxylic acids is 1. The van der Waals surface area contributed by atoms with Crippen LogP contribution in [0.1, 0.15) is 37.0 Å². The second kappa shape index (κ2) is 7.08. The molecule has 0 bridgehead atoms. The van der Waals surface area contributed by atoms with E-state index in [1.807, 2.05) is 13.8 Å². The molecule has 1 aromatic carbocycles. The fourth-order valence-corrected chi connectivity index (χ4v) is 2.23. The Balaban J connectivity index is 2.56. The van der Waals surface area contributed by atoms with Crippen LogP contribution < -0.4 is 5.32 Å². The Kier molecular flexibility index (Phi) is 5.74. The molecule has 0 fully saturated rings. The molecule has 0 aliphatic heterocycles. The first kappa shape index (κ1) is 16.2. The third-order valence-corrected chi connectivity index (χ3v) is 3.17. The largest absolute Gasteiger partial charge is 0.480 e. The Labute approximate surface area is 120 Å². The summed E-state index contributed by atoms with van der Waals surface area (Å²) in [6, 6.07) is 5.37. The minimum atomic E-state index is -0.986. The van der Waals surface area contributed by atoms with Crippen molar-refractivity contribution in [2.24, 2.45) is 5.92 Å². The number of aryl methyl sites for hydroxylation is 3. The van der Waals surface area contributed by atoms with E-state index < -0.39 is 12.0 Å². The smallest absolute Gasteiger partial charge is 0.326 e. The second-order valence-electron chi connectivity index (χ2n) is 5.62. The summed E-state index contributed by atoms with van der Waals surface area (Å²) < 4.78 is 0. The maximum atomic E-state index is 11.8. The summed E-state index contributed by atoms with van der Waals surface area (Å²) >= 11 is 0. The Morgan fingerprint density at radius 1 is 1.15 bits per heavy atom. The molecular weight excluding hydrogens is 254 g/mol. The van der Waals surface area contributed by atoms with Crippen molar-refractivity contribution < 1.29 is 14.7 Å². The highest BCUT2D eigenvalue weighted by Gasteiger charge is 2.22. The fourth-order valence-electron chi connectivity index (χ4n) is 2.23. The monoisotopic (exact) mass is 277 g/mol. The third-order valence-electron chi connectivity index (χ3n) is 3.17. The summed E-state index contributed by atoms with van der Waals surface area (Å²) in [4.78, 5) is 22.9. The van der Waals surface area contributed by atoms with Gasteiger partial charge >= 0.3 is 5.97 Å². The molecule has 0 heterocycles. The van der Waals surface area contributed by atoms with Gasteiger partial charge in [-0.2, -0.15) is 0 Å². The van der Waals surface area contributed by atoms with E-state index in [0.29, 0.717) is 12.8 Å². The summed E-state index contributed by atoms with van der Waals surface area (Å²) in [6.07, 6.45) is 0.929. The van der Waals surface area contributed by atoms with Gasteiger partial charge in [0, 0.05) is 6.42 Å². The lowest BCUT2D eigenvalue weighted by atomic mass is 10.0. The first-order chi connectivity index (χ1) is 9.29. The summed E-state index contributed by atoms with van der Waals surface area (Å²) in [5, 5.41) is 11.6. The van der Waals surface area contributed by atoms with E-state index in [2.05, 4.69) is 23.5 Å². The average Bonchev–Trinajstić information content (AvgIpc) is 2.31. The molecule has 0 saturated heterocycles. The maximum absolute atomic E-state index is 11.8. The van der Waals surface area contributed by atoms with E-state index in [1.54, 1.807) is 13.8 Å². The number of benzene rings is 1. The molecule has 2 N–H and O–H groups in total. The molecule has 20 heavy (non-hydrogen) atoms. The Hall–Kier alpha value is -1.84. The number of hydrogen-bond acceptors (Lipinski definition) is 2. The number of rotatable bonds is 6. The van der Waals surface area contributed by atoms with E-state index in [-0.39, 0.29) is 11.8 Å². The Morgan fingerprint density at radius 2 is 1.70 bits per heavy atom. The molecule has 0 spiro atoms. The number of carbonyl (C=O) groups excluding carboxylic acids is 1. The lowest BCUT2D eigenvalue weighted by molar-refractivity contribution is -0.143. The summed E-state index contributed by atoms with van der Waals surface area (Å²) in [5.41, 5.74) is 3.45. The third kappa shape index (κ3) is 5.03. The van der Waals surface area contributed by atoms with Gasteiger partial charge in [0.15, 0.2) is 0 Å². The molecule has 4 heteroatoms. The van der Waals surface area contributed by atoms with Crippen LogP contribution in [-0.2, 0) is 16.0 Å². The van der Waals surface area contributed by atoms with Crippen LogP contribution in [0.15, 0.2) is 18.2 Å². The predicted molar refractivity (Wildman–Crippen MR) is 78.6 cm³/mol. The molecule has 1 rings (SSSR count). The standard InChI is InChI=1S/C16H23NO3/c1-10(2)15(16(19)20)17-14(18)6-5-13-8-11(3)7-12(4)9-13/h7-10,15H,5-6H2,1-4H3,(H,17,18)(H,19,20)/t15-/m1/s1. The highest BCUT2D eigenvalue weighted by molar-refractivity contribution is 5.83. The van der Waals surface area contributed by atoms with Gasteiger partial charge in [-0.15, -0.1) is 0 Å². The number of carboxylic acids is 1. The minimum absolute atomic E-state index is 0.127. The quantitative estimate of drug-likeness (QED) is 0.839. The van der Waals surface area contributed by atoms with Gasteiger partial charge in [0.05, 0.1) is 0 Å².